The average Bonchev–Trinajstić information content (AvgIpc) is 2.93. The highest BCUT2D eigenvalue weighted by atomic mass is 32.2. The fraction of sp³-hybridized carbons (Fsp3) is 0.0357. The van der Waals surface area contributed by atoms with Gasteiger partial charge in [-0.2, -0.15) is 0 Å². The molecule has 9 heteroatoms. The molecule has 0 aliphatic carbocycles. The number of nitrogens with zero attached hydrogens (tertiary/aromatic N) is 2. The number of nitro groups is 1. The van der Waals surface area contributed by atoms with Gasteiger partial charge >= 0.3 is 0 Å². The zero-order valence-electron chi connectivity index (χ0n) is 19.4. The van der Waals surface area contributed by atoms with Crippen LogP contribution in [0.15, 0.2) is 119 Å². The lowest BCUT2D eigenvalue weighted by Gasteiger charge is -2.22. The molecule has 0 radical (unpaired) electrons. The molecule has 37 heavy (non-hydrogen) atoms. The number of nitro benzene ring substituents is 1. The Balaban J connectivity index is 1.56. The smallest absolute Gasteiger partial charge is 0.269 e. The van der Waals surface area contributed by atoms with Gasteiger partial charge in [0.1, 0.15) is 11.3 Å². The summed E-state index contributed by atoms with van der Waals surface area (Å²) in [6.45, 7) is 0. The maximum absolute atomic E-state index is 13.0. The van der Waals surface area contributed by atoms with Crippen LogP contribution < -0.4 is 5.32 Å². The summed E-state index contributed by atoms with van der Waals surface area (Å²) in [5.41, 5.74) is 1.88. The van der Waals surface area contributed by atoms with Crippen molar-refractivity contribution in [2.45, 2.75) is 15.8 Å². The van der Waals surface area contributed by atoms with E-state index in [0.717, 1.165) is 5.39 Å². The van der Waals surface area contributed by atoms with E-state index in [1.165, 1.54) is 36.4 Å². The summed E-state index contributed by atoms with van der Waals surface area (Å²) in [7, 11) is -3.69. The first kappa shape index (κ1) is 24.0. The summed E-state index contributed by atoms with van der Waals surface area (Å²) in [5.74, 6) is -0.0506. The number of phenols is 1. The number of nitrogens with one attached hydrogen (secondary N) is 1. The second-order valence-electron chi connectivity index (χ2n) is 8.35. The van der Waals surface area contributed by atoms with Crippen molar-refractivity contribution in [2.24, 2.45) is 0 Å². The van der Waals surface area contributed by atoms with Crippen molar-refractivity contribution in [2.75, 3.05) is 5.32 Å². The fourth-order valence-corrected chi connectivity index (χ4v) is 5.45. The number of sulfone groups is 1. The molecule has 0 fully saturated rings. The van der Waals surface area contributed by atoms with Crippen LogP contribution in [0.2, 0.25) is 0 Å². The summed E-state index contributed by atoms with van der Waals surface area (Å²) < 4.78 is 25.9. The Kier molecular flexibility index (Phi) is 6.29. The van der Waals surface area contributed by atoms with Crippen LogP contribution in [0.4, 0.5) is 11.4 Å². The van der Waals surface area contributed by atoms with Crippen molar-refractivity contribution in [3.05, 3.63) is 131 Å². The first-order valence-corrected chi connectivity index (χ1v) is 12.8. The van der Waals surface area contributed by atoms with Crippen LogP contribution in [0, 0.1) is 10.1 Å². The third-order valence-corrected chi connectivity index (χ3v) is 7.82. The number of benzene rings is 4. The van der Waals surface area contributed by atoms with Crippen molar-refractivity contribution < 1.29 is 18.4 Å². The Hall–Kier alpha value is -4.76. The predicted molar refractivity (Wildman–Crippen MR) is 140 cm³/mol. The van der Waals surface area contributed by atoms with Gasteiger partial charge in [-0.25, -0.2) is 8.42 Å². The van der Waals surface area contributed by atoms with Crippen LogP contribution in [-0.2, 0) is 9.84 Å². The Morgan fingerprint density at radius 1 is 0.838 bits per heavy atom. The standard InChI is InChI=1S/C28H21N3O5S/c32-28-25(16-11-19-7-5-17-29-27(19)28)26(20-6-4-8-22(18-20)31(33)34)30-21-12-14-24(15-13-21)37(35,36)23-9-2-1-3-10-23/h1-18,26,30,32H. The predicted octanol–water partition coefficient (Wildman–Crippen LogP) is 5.88. The summed E-state index contributed by atoms with van der Waals surface area (Å²) in [6.07, 6.45) is 1.58. The topological polar surface area (TPSA) is 122 Å². The van der Waals surface area contributed by atoms with E-state index in [1.54, 1.807) is 60.8 Å². The molecule has 4 aromatic carbocycles. The van der Waals surface area contributed by atoms with Crippen molar-refractivity contribution >= 4 is 32.1 Å². The van der Waals surface area contributed by atoms with Crippen molar-refractivity contribution in [3.63, 3.8) is 0 Å². The van der Waals surface area contributed by atoms with E-state index in [1.807, 2.05) is 12.1 Å². The van der Waals surface area contributed by atoms with E-state index in [9.17, 15) is 23.6 Å². The van der Waals surface area contributed by atoms with E-state index < -0.39 is 20.8 Å². The van der Waals surface area contributed by atoms with E-state index in [2.05, 4.69) is 10.3 Å². The van der Waals surface area contributed by atoms with E-state index in [4.69, 9.17) is 0 Å². The minimum atomic E-state index is -3.69. The molecule has 1 unspecified atom stereocenters. The largest absolute Gasteiger partial charge is 0.505 e. The molecular weight excluding hydrogens is 490 g/mol. The first-order valence-electron chi connectivity index (χ1n) is 11.3. The number of hydrogen-bond acceptors (Lipinski definition) is 7. The highest BCUT2D eigenvalue weighted by molar-refractivity contribution is 7.91. The lowest BCUT2D eigenvalue weighted by Crippen LogP contribution is -2.13. The molecule has 0 bridgehead atoms. The number of non-ortho nitro benzene ring substituents is 1. The van der Waals surface area contributed by atoms with Gasteiger partial charge in [0.15, 0.2) is 0 Å². The third kappa shape index (κ3) is 4.72. The first-order chi connectivity index (χ1) is 17.8. The molecule has 2 N–H and O–H groups in total. The summed E-state index contributed by atoms with van der Waals surface area (Å²) in [5, 5.41) is 26.6. The average molecular weight is 512 g/mol. The van der Waals surface area contributed by atoms with Gasteiger partial charge in [0.05, 0.1) is 20.8 Å². The highest BCUT2D eigenvalue weighted by Crippen LogP contribution is 2.37. The molecule has 1 heterocycles. The van der Waals surface area contributed by atoms with Gasteiger partial charge in [0, 0.05) is 35.0 Å². The van der Waals surface area contributed by atoms with Crippen molar-refractivity contribution in [3.8, 4) is 5.75 Å². The molecular formula is C28H21N3O5S. The third-order valence-electron chi connectivity index (χ3n) is 6.03. The summed E-state index contributed by atoms with van der Waals surface area (Å²) >= 11 is 0. The number of fused-ring (bicyclic) bond motifs is 1. The number of phenolic OH excluding ortho intramolecular Hbond substituents is 1. The molecule has 5 rings (SSSR count). The Morgan fingerprint density at radius 2 is 1.57 bits per heavy atom. The van der Waals surface area contributed by atoms with E-state index in [0.29, 0.717) is 22.3 Å². The number of pyridine rings is 1. The number of hydrogen-bond donors (Lipinski definition) is 2. The van der Waals surface area contributed by atoms with Gasteiger partial charge in [-0.3, -0.25) is 15.1 Å². The van der Waals surface area contributed by atoms with Crippen LogP contribution in [-0.4, -0.2) is 23.4 Å². The molecule has 5 aromatic rings. The van der Waals surface area contributed by atoms with E-state index in [-0.39, 0.29) is 21.2 Å². The molecule has 0 spiro atoms. The maximum Gasteiger partial charge on any atom is 0.269 e. The number of aromatic hydroxyl groups is 1. The molecule has 1 aromatic heterocycles. The molecule has 1 atom stereocenters. The molecule has 0 saturated heterocycles. The van der Waals surface area contributed by atoms with Crippen molar-refractivity contribution in [1.82, 2.24) is 4.98 Å². The van der Waals surface area contributed by atoms with Crippen LogP contribution in [0.1, 0.15) is 17.2 Å². The van der Waals surface area contributed by atoms with Gasteiger partial charge in [0.25, 0.3) is 5.69 Å². The van der Waals surface area contributed by atoms with Crippen LogP contribution in [0.5, 0.6) is 5.75 Å². The molecule has 0 amide bonds. The second-order valence-corrected chi connectivity index (χ2v) is 10.3. The Labute approximate surface area is 212 Å². The Morgan fingerprint density at radius 3 is 2.30 bits per heavy atom. The minimum Gasteiger partial charge on any atom is -0.505 e. The van der Waals surface area contributed by atoms with Crippen LogP contribution >= 0.6 is 0 Å². The minimum absolute atomic E-state index is 0.0506. The molecule has 0 aliphatic heterocycles. The fourth-order valence-electron chi connectivity index (χ4n) is 4.17. The highest BCUT2D eigenvalue weighted by Gasteiger charge is 2.23. The van der Waals surface area contributed by atoms with Gasteiger partial charge in [-0.15, -0.1) is 0 Å². The maximum atomic E-state index is 13.0. The molecule has 0 saturated carbocycles. The summed E-state index contributed by atoms with van der Waals surface area (Å²) in [6, 6.07) is 27.0. The van der Waals surface area contributed by atoms with Gasteiger partial charge < -0.3 is 10.4 Å². The lowest BCUT2D eigenvalue weighted by molar-refractivity contribution is -0.384. The van der Waals surface area contributed by atoms with Crippen LogP contribution in [0.25, 0.3) is 10.9 Å². The number of aromatic nitrogens is 1. The number of anilines is 1. The Bertz CT molecular complexity index is 1710. The molecule has 184 valence electrons. The normalized spacial score (nSPS) is 12.2. The van der Waals surface area contributed by atoms with Crippen LogP contribution in [0.3, 0.4) is 0 Å². The number of rotatable bonds is 7. The zero-order valence-corrected chi connectivity index (χ0v) is 20.2. The second kappa shape index (κ2) is 9.71. The quantitative estimate of drug-likeness (QED) is 0.207. The van der Waals surface area contributed by atoms with Crippen molar-refractivity contribution in [1.29, 1.82) is 0 Å². The lowest BCUT2D eigenvalue weighted by atomic mass is 9.95. The molecule has 8 nitrogen and oxygen atoms in total. The van der Waals surface area contributed by atoms with Gasteiger partial charge in [-0.05, 0) is 48.0 Å². The van der Waals surface area contributed by atoms with E-state index >= 15 is 0 Å². The summed E-state index contributed by atoms with van der Waals surface area (Å²) in [4.78, 5) is 15.6. The zero-order chi connectivity index (χ0) is 26.0. The van der Waals surface area contributed by atoms with Gasteiger partial charge in [0.2, 0.25) is 9.84 Å². The molecule has 0 aliphatic rings. The monoisotopic (exact) mass is 511 g/mol. The van der Waals surface area contributed by atoms with Gasteiger partial charge in [-0.1, -0.05) is 48.5 Å². The SMILES string of the molecule is O=[N+]([O-])c1cccc(C(Nc2ccc(S(=O)(=O)c3ccccc3)cc2)c2ccc3cccnc3c2O)c1.